The molecule has 2 aromatic carbocycles. The van der Waals surface area contributed by atoms with Crippen LogP contribution in [0.4, 0.5) is 35.1 Å². The normalized spacial score (nSPS) is 22.4. The highest BCUT2D eigenvalue weighted by Crippen LogP contribution is 2.40. The van der Waals surface area contributed by atoms with Crippen LogP contribution >= 0.6 is 0 Å². The Morgan fingerprint density at radius 1 is 0.614 bits per heavy atom. The van der Waals surface area contributed by atoms with Crippen LogP contribution in [0, 0.1) is 0 Å². The molecular formula is C43H56F8N4O13S2. The van der Waals surface area contributed by atoms with Crippen molar-refractivity contribution in [3.8, 4) is 11.5 Å². The third-order valence-electron chi connectivity index (χ3n) is 13.2. The number of hydrogen-bond donors (Lipinski definition) is 3. The predicted molar refractivity (Wildman–Crippen MR) is 229 cm³/mol. The fourth-order valence-electron chi connectivity index (χ4n) is 9.10. The lowest BCUT2D eigenvalue weighted by Crippen LogP contribution is -2.61. The molecule has 70 heavy (non-hydrogen) atoms. The van der Waals surface area contributed by atoms with Crippen molar-refractivity contribution in [3.05, 3.63) is 59.7 Å². The van der Waals surface area contributed by atoms with Crippen LogP contribution in [0.2, 0.25) is 0 Å². The van der Waals surface area contributed by atoms with Crippen molar-refractivity contribution in [2.75, 3.05) is 59.2 Å². The topological polar surface area (TPSA) is 209 Å². The van der Waals surface area contributed by atoms with E-state index < -0.39 is 84.2 Å². The molecule has 0 bridgehead atoms. The van der Waals surface area contributed by atoms with Crippen LogP contribution in [0.5, 0.6) is 11.5 Å². The second-order valence-corrected chi connectivity index (χ2v) is 21.9. The molecule has 5 aliphatic rings. The second-order valence-electron chi connectivity index (χ2n) is 17.4. The number of halogens is 8. The van der Waals surface area contributed by atoms with Crippen molar-refractivity contribution in [2.24, 2.45) is 0 Å². The van der Waals surface area contributed by atoms with Gasteiger partial charge in [0.1, 0.15) is 11.5 Å². The van der Waals surface area contributed by atoms with Crippen LogP contribution in [0.1, 0.15) is 93.6 Å². The van der Waals surface area contributed by atoms with Crippen LogP contribution in [0.3, 0.4) is 0 Å². The summed E-state index contributed by atoms with van der Waals surface area (Å²) >= 11 is 0. The summed E-state index contributed by atoms with van der Waals surface area (Å²) in [4.78, 5) is 30.9. The lowest BCUT2D eigenvalue weighted by atomic mass is 9.90. The van der Waals surface area contributed by atoms with Gasteiger partial charge in [0.2, 0.25) is 20.0 Å². The number of ether oxygens (including phenoxy) is 5. The summed E-state index contributed by atoms with van der Waals surface area (Å²) < 4.78 is 179. The van der Waals surface area contributed by atoms with Crippen LogP contribution in [-0.4, -0.2) is 143 Å². The average Bonchev–Trinajstić information content (AvgIpc) is 3.36. The molecule has 0 aliphatic carbocycles. The van der Waals surface area contributed by atoms with Gasteiger partial charge in [0, 0.05) is 91.3 Å². The third kappa shape index (κ3) is 12.4. The maximum Gasteiger partial charge on any atom is 0.461 e. The predicted octanol–water partition coefficient (Wildman–Crippen LogP) is 6.04. The van der Waals surface area contributed by atoms with Gasteiger partial charge >= 0.3 is 25.1 Å². The molecule has 27 heteroatoms. The van der Waals surface area contributed by atoms with Gasteiger partial charge in [-0.2, -0.15) is 35.1 Å². The Morgan fingerprint density at radius 3 is 1.34 bits per heavy atom. The number of sulfonamides is 2. The van der Waals surface area contributed by atoms with Gasteiger partial charge in [-0.15, -0.1) is 0 Å². The highest BCUT2D eigenvalue weighted by Gasteiger charge is 2.56. The van der Waals surface area contributed by atoms with Crippen LogP contribution in [-0.2, 0) is 48.7 Å². The maximum atomic E-state index is 13.8. The monoisotopic (exact) mass is 1050 g/mol. The van der Waals surface area contributed by atoms with E-state index in [9.17, 15) is 61.5 Å². The molecule has 5 saturated heterocycles. The molecule has 17 nitrogen and oxygen atoms in total. The molecule has 0 radical (unpaired) electrons. The lowest BCUT2D eigenvalue weighted by Gasteiger charge is -2.41. The van der Waals surface area contributed by atoms with Crippen LogP contribution in [0.25, 0.3) is 0 Å². The Kier molecular flexibility index (Phi) is 18.4. The zero-order valence-corrected chi connectivity index (χ0v) is 39.4. The highest BCUT2D eigenvalue weighted by atomic mass is 32.2. The van der Waals surface area contributed by atoms with Gasteiger partial charge in [-0.3, -0.25) is 14.8 Å². The van der Waals surface area contributed by atoms with E-state index >= 15 is 0 Å². The summed E-state index contributed by atoms with van der Waals surface area (Å²) in [7, 11) is -8.19. The molecular weight excluding hydrogens is 997 g/mol. The Hall–Kier alpha value is -3.96. The van der Waals surface area contributed by atoms with Gasteiger partial charge in [-0.25, -0.2) is 41.2 Å². The highest BCUT2D eigenvalue weighted by molar-refractivity contribution is 7.91. The summed E-state index contributed by atoms with van der Waals surface area (Å²) in [6, 6.07) is 10.7. The number of carbonyl (C=O) groups excluding carboxylic acids is 2. The minimum absolute atomic E-state index is 0.0132. The molecule has 1 unspecified atom stereocenters. The molecule has 5 fully saturated rings. The number of carbonyl (C=O) groups is 2. The van der Waals surface area contributed by atoms with E-state index in [1.54, 1.807) is 0 Å². The molecule has 5 heterocycles. The first kappa shape index (κ1) is 55.4. The third-order valence-corrected chi connectivity index (χ3v) is 18.5. The van der Waals surface area contributed by atoms with E-state index in [0.717, 1.165) is 36.1 Å². The Balaban J connectivity index is 0.000000233. The number of amides is 2. The zero-order chi connectivity index (χ0) is 51.0. The number of alkyl halides is 8. The summed E-state index contributed by atoms with van der Waals surface area (Å²) in [6.07, 6.45) is -13.9. The van der Waals surface area contributed by atoms with E-state index in [0.29, 0.717) is 38.7 Å². The molecule has 0 aromatic heterocycles. The van der Waals surface area contributed by atoms with E-state index in [-0.39, 0.29) is 90.1 Å². The van der Waals surface area contributed by atoms with Crippen molar-refractivity contribution < 1.29 is 95.3 Å². The first-order valence-corrected chi connectivity index (χ1v) is 25.5. The van der Waals surface area contributed by atoms with Gasteiger partial charge in [-0.05, 0) is 85.8 Å². The summed E-state index contributed by atoms with van der Waals surface area (Å²) in [6.45, 7) is 1.42. The molecule has 2 amide bonds. The standard InChI is InChI=1S/C24H32F4N2O7S.C19H24F4N2O6S/c25-21(26)24(27,28)36-19-6-4-17(5-7-19)18-8-12-30(13-9-18)38(32,33)23(10-15-34-16-11-23)22(31)29-37-20-3-1-2-14-35-20;20-16(21)19(22,23)31-15-3-1-13(2-4-15)14-5-9-25(10-6-14)32(28,29)18(17(26)24-27)7-11-30-12-8-18/h4-7,18,20-21H,1-3,8-16H2,(H,29,31);1-4,14,16,27H,5-12H2,(H,24,26). The number of nitrogens with one attached hydrogen (secondary N) is 2. The molecule has 5 aliphatic heterocycles. The molecule has 2 aromatic rings. The lowest BCUT2D eigenvalue weighted by molar-refractivity contribution is -0.253. The van der Waals surface area contributed by atoms with E-state index in [2.05, 4.69) is 15.0 Å². The Morgan fingerprint density at radius 2 is 1.00 bits per heavy atom. The zero-order valence-electron chi connectivity index (χ0n) is 37.7. The van der Waals surface area contributed by atoms with Crippen LogP contribution < -0.4 is 20.4 Å². The molecule has 394 valence electrons. The number of benzene rings is 2. The van der Waals surface area contributed by atoms with Gasteiger partial charge in [0.05, 0.1) is 0 Å². The summed E-state index contributed by atoms with van der Waals surface area (Å²) in [5.41, 5.74) is 5.27. The van der Waals surface area contributed by atoms with Gasteiger partial charge in [0.25, 0.3) is 11.8 Å². The Bertz CT molecular complexity index is 2250. The van der Waals surface area contributed by atoms with Crippen molar-refractivity contribution in [1.29, 1.82) is 0 Å². The Labute approximate surface area is 399 Å². The molecule has 3 N–H and O–H groups in total. The molecule has 0 saturated carbocycles. The fourth-order valence-corrected chi connectivity index (χ4v) is 13.4. The average molecular weight is 1050 g/mol. The van der Waals surface area contributed by atoms with Gasteiger partial charge in [0.15, 0.2) is 15.8 Å². The van der Waals surface area contributed by atoms with E-state index in [1.165, 1.54) is 50.5 Å². The van der Waals surface area contributed by atoms with E-state index in [1.807, 2.05) is 0 Å². The van der Waals surface area contributed by atoms with Gasteiger partial charge < -0.3 is 23.7 Å². The number of piperidine rings is 2. The number of hydrogen-bond acceptors (Lipinski definition) is 13. The molecule has 1 atom stereocenters. The smallest absolute Gasteiger partial charge is 0.428 e. The minimum atomic E-state index is -4.60. The van der Waals surface area contributed by atoms with Crippen molar-refractivity contribution >= 4 is 31.9 Å². The SMILES string of the molecule is O=C(NO)C1(S(=O)(=O)N2CCC(c3ccc(OC(F)(F)C(F)F)cc3)CC2)CCOCC1.O=C(NOC1CCCCO1)C1(S(=O)(=O)N2CCC(c3ccc(OC(F)(F)C(F)F)cc3)CC2)CCOCC1. The number of nitrogens with zero attached hydrogens (tertiary/aromatic N) is 2. The summed E-state index contributed by atoms with van der Waals surface area (Å²) in [5.74, 6) is -2.71. The van der Waals surface area contributed by atoms with E-state index in [4.69, 9.17) is 24.3 Å². The fraction of sp³-hybridized carbons (Fsp3) is 0.674. The molecule has 7 rings (SSSR count). The first-order valence-electron chi connectivity index (χ1n) is 22.7. The minimum Gasteiger partial charge on any atom is -0.428 e. The molecule has 0 spiro atoms. The maximum absolute atomic E-state index is 13.8. The van der Waals surface area contributed by atoms with Crippen molar-refractivity contribution in [1.82, 2.24) is 19.6 Å². The quantitative estimate of drug-likeness (QED) is 0.0997. The summed E-state index contributed by atoms with van der Waals surface area (Å²) in [5, 5.41) is 9.11. The largest absolute Gasteiger partial charge is 0.461 e. The number of hydroxylamine groups is 2. The van der Waals surface area contributed by atoms with Crippen LogP contribution in [0.15, 0.2) is 48.5 Å². The second kappa shape index (κ2) is 23.3. The first-order chi connectivity index (χ1) is 33.1. The van der Waals surface area contributed by atoms with Crippen molar-refractivity contribution in [2.45, 2.75) is 123 Å². The number of rotatable bonds is 16. The van der Waals surface area contributed by atoms with Crippen molar-refractivity contribution in [3.63, 3.8) is 0 Å². The van der Waals surface area contributed by atoms with Gasteiger partial charge in [-0.1, -0.05) is 24.3 Å².